The Morgan fingerprint density at radius 2 is 2.22 bits per heavy atom. The smallest absolute Gasteiger partial charge is 0.410 e. The molecule has 1 aromatic heterocycles. The second-order valence-corrected chi connectivity index (χ2v) is 8.90. The van der Waals surface area contributed by atoms with Crippen LogP contribution in [-0.2, 0) is 17.8 Å². The van der Waals surface area contributed by atoms with E-state index in [2.05, 4.69) is 14.4 Å². The van der Waals surface area contributed by atoms with Crippen LogP contribution in [0.4, 0.5) is 10.5 Å². The molecule has 0 N–H and O–H groups in total. The van der Waals surface area contributed by atoms with E-state index in [1.165, 1.54) is 0 Å². The lowest BCUT2D eigenvalue weighted by atomic mass is 9.78. The lowest BCUT2D eigenvalue weighted by Crippen LogP contribution is -2.40. The zero-order valence-corrected chi connectivity index (χ0v) is 18.2. The summed E-state index contributed by atoms with van der Waals surface area (Å²) < 4.78 is 13.4. The zero-order chi connectivity index (χ0) is 22.1. The molecule has 7 nitrogen and oxygen atoms in total. The molecular weight excluding hydrogens is 404 g/mol. The number of fused-ring (bicyclic) bond motifs is 1. The van der Waals surface area contributed by atoms with Gasteiger partial charge in [0.25, 0.3) is 0 Å². The molecule has 164 valence electrons. The number of amides is 1. The predicted octanol–water partition coefficient (Wildman–Crippen LogP) is 5.18. The SMILES string of the molecule is [C-]#[N+]c1ccc2ncn(C[C@H]3CCC[C@]4(C3)CN(Cc3cccc(OC)c3)C(=O)O4)c2c1. The average Bonchev–Trinajstić information content (AvgIpc) is 3.33. The summed E-state index contributed by atoms with van der Waals surface area (Å²) >= 11 is 0. The molecule has 2 atom stereocenters. The summed E-state index contributed by atoms with van der Waals surface area (Å²) in [4.78, 5) is 22.6. The first-order valence-corrected chi connectivity index (χ1v) is 11.0. The number of methoxy groups -OCH3 is 1. The fourth-order valence-electron chi connectivity index (χ4n) is 5.18. The van der Waals surface area contributed by atoms with E-state index in [-0.39, 0.29) is 6.09 Å². The molecule has 0 unspecified atom stereocenters. The van der Waals surface area contributed by atoms with E-state index in [1.54, 1.807) is 13.2 Å². The van der Waals surface area contributed by atoms with Gasteiger partial charge < -0.3 is 14.0 Å². The number of aromatic nitrogens is 2. The van der Waals surface area contributed by atoms with Crippen molar-refractivity contribution in [2.45, 2.75) is 44.4 Å². The van der Waals surface area contributed by atoms with Crippen LogP contribution < -0.4 is 4.74 Å². The van der Waals surface area contributed by atoms with Gasteiger partial charge in [-0.3, -0.25) is 4.90 Å². The van der Waals surface area contributed by atoms with Gasteiger partial charge >= 0.3 is 6.09 Å². The molecule has 1 saturated heterocycles. The van der Waals surface area contributed by atoms with Gasteiger partial charge in [0.2, 0.25) is 0 Å². The highest BCUT2D eigenvalue weighted by Gasteiger charge is 2.47. The van der Waals surface area contributed by atoms with Crippen molar-refractivity contribution in [3.63, 3.8) is 0 Å². The summed E-state index contributed by atoms with van der Waals surface area (Å²) in [5, 5.41) is 0. The molecule has 2 heterocycles. The molecule has 3 aromatic rings. The van der Waals surface area contributed by atoms with E-state index < -0.39 is 5.60 Å². The number of hydrogen-bond acceptors (Lipinski definition) is 4. The van der Waals surface area contributed by atoms with Gasteiger partial charge in [-0.15, -0.1) is 0 Å². The van der Waals surface area contributed by atoms with Crippen LogP contribution >= 0.6 is 0 Å². The second-order valence-electron chi connectivity index (χ2n) is 8.90. The monoisotopic (exact) mass is 430 g/mol. The number of benzene rings is 2. The topological polar surface area (TPSA) is 61.0 Å². The first-order valence-electron chi connectivity index (χ1n) is 11.0. The number of imidazole rings is 1. The lowest BCUT2D eigenvalue weighted by Gasteiger charge is -2.36. The van der Waals surface area contributed by atoms with Gasteiger partial charge in [0.1, 0.15) is 11.4 Å². The molecule has 32 heavy (non-hydrogen) atoms. The fraction of sp³-hybridized carbons (Fsp3) is 0.400. The summed E-state index contributed by atoms with van der Waals surface area (Å²) in [7, 11) is 1.65. The quantitative estimate of drug-likeness (QED) is 0.524. The Kier molecular flexibility index (Phi) is 5.22. The van der Waals surface area contributed by atoms with Gasteiger partial charge in [0.05, 0.1) is 37.6 Å². The van der Waals surface area contributed by atoms with E-state index in [4.69, 9.17) is 16.0 Å². The summed E-state index contributed by atoms with van der Waals surface area (Å²) in [6.45, 7) is 9.23. The minimum atomic E-state index is -0.420. The van der Waals surface area contributed by atoms with Crippen LogP contribution in [0.15, 0.2) is 48.8 Å². The van der Waals surface area contributed by atoms with Gasteiger partial charge in [-0.2, -0.15) is 0 Å². The molecule has 1 aliphatic heterocycles. The molecule has 1 saturated carbocycles. The van der Waals surface area contributed by atoms with Crippen LogP contribution in [0.3, 0.4) is 0 Å². The van der Waals surface area contributed by atoms with E-state index in [0.29, 0.717) is 24.7 Å². The van der Waals surface area contributed by atoms with E-state index in [9.17, 15) is 4.79 Å². The molecule has 1 spiro atoms. The maximum Gasteiger partial charge on any atom is 0.410 e. The van der Waals surface area contributed by atoms with Crippen LogP contribution in [0, 0.1) is 12.5 Å². The third kappa shape index (κ3) is 3.89. The van der Waals surface area contributed by atoms with Gasteiger partial charge in [-0.1, -0.05) is 18.2 Å². The molecule has 1 aliphatic carbocycles. The largest absolute Gasteiger partial charge is 0.497 e. The molecule has 5 rings (SSSR count). The molecule has 1 amide bonds. The normalized spacial score (nSPS) is 22.8. The number of ether oxygens (including phenoxy) is 2. The number of carbonyl (C=O) groups is 1. The van der Waals surface area contributed by atoms with Crippen molar-refractivity contribution in [1.29, 1.82) is 0 Å². The summed E-state index contributed by atoms with van der Waals surface area (Å²) in [5.41, 5.74) is 3.13. The van der Waals surface area contributed by atoms with Gasteiger partial charge in [-0.05, 0) is 61.4 Å². The Balaban J connectivity index is 1.29. The highest BCUT2D eigenvalue weighted by Crippen LogP contribution is 2.41. The van der Waals surface area contributed by atoms with Gasteiger partial charge in [0.15, 0.2) is 5.69 Å². The Hall–Kier alpha value is -3.53. The van der Waals surface area contributed by atoms with Crippen molar-refractivity contribution in [3.05, 3.63) is 65.8 Å². The van der Waals surface area contributed by atoms with Crippen molar-refractivity contribution in [1.82, 2.24) is 14.5 Å². The minimum absolute atomic E-state index is 0.233. The Labute approximate surface area is 187 Å². The zero-order valence-electron chi connectivity index (χ0n) is 18.2. The van der Waals surface area contributed by atoms with Gasteiger partial charge in [-0.25, -0.2) is 14.6 Å². The van der Waals surface area contributed by atoms with Crippen molar-refractivity contribution in [3.8, 4) is 5.75 Å². The summed E-state index contributed by atoms with van der Waals surface area (Å²) in [6, 6.07) is 13.4. The van der Waals surface area contributed by atoms with Crippen LogP contribution in [0.1, 0.15) is 31.2 Å². The number of nitrogens with zero attached hydrogens (tertiary/aromatic N) is 4. The minimum Gasteiger partial charge on any atom is -0.497 e. The molecule has 2 fully saturated rings. The van der Waals surface area contributed by atoms with E-state index in [0.717, 1.165) is 54.6 Å². The third-order valence-electron chi connectivity index (χ3n) is 6.64. The standard InChI is InChI=1S/C25H26N4O3/c1-26-20-8-9-22-23(12-20)29(17-27-22)15-19-6-4-10-25(13-19)16-28(24(30)32-25)14-18-5-3-7-21(11-18)31-2/h3,5,7-9,11-12,17,19H,4,6,10,13-16H2,2H3/t19-,25-/m0/s1. The van der Waals surface area contributed by atoms with Crippen molar-refractivity contribution >= 4 is 22.8 Å². The molecule has 2 aromatic carbocycles. The Morgan fingerprint density at radius 3 is 3.06 bits per heavy atom. The molecule has 0 bridgehead atoms. The molecule has 0 radical (unpaired) electrons. The average molecular weight is 431 g/mol. The lowest BCUT2D eigenvalue weighted by molar-refractivity contribution is 0.00415. The van der Waals surface area contributed by atoms with Crippen LogP contribution in [0.5, 0.6) is 5.75 Å². The molecule has 7 heteroatoms. The number of hydrogen-bond donors (Lipinski definition) is 0. The highest BCUT2D eigenvalue weighted by molar-refractivity contribution is 5.79. The maximum absolute atomic E-state index is 12.7. The van der Waals surface area contributed by atoms with Crippen LogP contribution in [0.25, 0.3) is 15.9 Å². The van der Waals surface area contributed by atoms with Crippen LogP contribution in [-0.4, -0.2) is 39.8 Å². The van der Waals surface area contributed by atoms with E-state index in [1.807, 2.05) is 47.6 Å². The van der Waals surface area contributed by atoms with Crippen molar-refractivity contribution in [2.24, 2.45) is 5.92 Å². The van der Waals surface area contributed by atoms with Crippen molar-refractivity contribution in [2.75, 3.05) is 13.7 Å². The number of rotatable bonds is 5. The Bertz CT molecular complexity index is 1200. The predicted molar refractivity (Wildman–Crippen MR) is 121 cm³/mol. The third-order valence-corrected chi connectivity index (χ3v) is 6.64. The molecule has 2 aliphatic rings. The van der Waals surface area contributed by atoms with Crippen molar-refractivity contribution < 1.29 is 14.3 Å². The number of carbonyl (C=O) groups excluding carboxylic acids is 1. The maximum atomic E-state index is 12.7. The molecular formula is C25H26N4O3. The fourth-order valence-corrected chi connectivity index (χ4v) is 5.18. The van der Waals surface area contributed by atoms with Gasteiger partial charge in [0, 0.05) is 13.1 Å². The Morgan fingerprint density at radius 1 is 1.31 bits per heavy atom. The first-order chi connectivity index (χ1) is 15.6. The van der Waals surface area contributed by atoms with Crippen LogP contribution in [0.2, 0.25) is 0 Å². The summed E-state index contributed by atoms with van der Waals surface area (Å²) in [6.07, 6.45) is 5.49. The second kappa shape index (κ2) is 8.19. The first kappa shape index (κ1) is 20.4. The summed E-state index contributed by atoms with van der Waals surface area (Å²) in [5.74, 6) is 1.18. The highest BCUT2D eigenvalue weighted by atomic mass is 16.6. The van der Waals surface area contributed by atoms with E-state index >= 15 is 0 Å².